The Balaban J connectivity index is 1.69. The van der Waals surface area contributed by atoms with Crippen molar-refractivity contribution in [3.8, 4) is 11.5 Å². The molecular formula is C22H27N3O4. The summed E-state index contributed by atoms with van der Waals surface area (Å²) in [6, 6.07) is 14.5. The van der Waals surface area contributed by atoms with Crippen LogP contribution in [0.25, 0.3) is 0 Å². The topological polar surface area (TPSA) is 89.0 Å². The molecule has 0 unspecified atom stereocenters. The third-order valence-electron chi connectivity index (χ3n) is 3.78. The van der Waals surface area contributed by atoms with Gasteiger partial charge in [0, 0.05) is 18.5 Å². The lowest BCUT2D eigenvalue weighted by Crippen LogP contribution is -2.20. The SMILES string of the molecule is CCCOc1ccc(C=NNC(=O)CCC(=O)Nc2ccc(OCC)cc2)cc1. The molecule has 0 atom stereocenters. The van der Waals surface area contributed by atoms with Crippen LogP contribution in [0.2, 0.25) is 0 Å². The maximum Gasteiger partial charge on any atom is 0.240 e. The van der Waals surface area contributed by atoms with Crippen LogP contribution in [0.5, 0.6) is 11.5 Å². The molecule has 0 saturated carbocycles. The monoisotopic (exact) mass is 397 g/mol. The largest absolute Gasteiger partial charge is 0.494 e. The number of hydrogen-bond acceptors (Lipinski definition) is 5. The molecule has 0 aromatic heterocycles. The van der Waals surface area contributed by atoms with Gasteiger partial charge in [-0.2, -0.15) is 5.10 Å². The highest BCUT2D eigenvalue weighted by molar-refractivity contribution is 5.93. The minimum atomic E-state index is -0.328. The molecule has 0 saturated heterocycles. The number of hydrazone groups is 1. The lowest BCUT2D eigenvalue weighted by atomic mass is 10.2. The molecule has 0 radical (unpaired) electrons. The van der Waals surface area contributed by atoms with E-state index in [9.17, 15) is 9.59 Å². The van der Waals surface area contributed by atoms with Gasteiger partial charge in [0.1, 0.15) is 11.5 Å². The summed E-state index contributed by atoms with van der Waals surface area (Å²) in [5, 5.41) is 6.66. The van der Waals surface area contributed by atoms with E-state index in [4.69, 9.17) is 9.47 Å². The number of carbonyl (C=O) groups excluding carboxylic acids is 2. The van der Waals surface area contributed by atoms with Crippen LogP contribution in [-0.2, 0) is 9.59 Å². The van der Waals surface area contributed by atoms with Gasteiger partial charge in [-0.1, -0.05) is 6.92 Å². The molecule has 0 aliphatic rings. The summed E-state index contributed by atoms with van der Waals surface area (Å²) in [7, 11) is 0. The van der Waals surface area contributed by atoms with Gasteiger partial charge < -0.3 is 14.8 Å². The Hall–Kier alpha value is -3.35. The first-order valence-corrected chi connectivity index (χ1v) is 9.68. The van der Waals surface area contributed by atoms with Gasteiger partial charge in [-0.3, -0.25) is 9.59 Å². The fourth-order valence-corrected chi connectivity index (χ4v) is 2.36. The summed E-state index contributed by atoms with van der Waals surface area (Å²) >= 11 is 0. The third kappa shape index (κ3) is 8.47. The zero-order valence-corrected chi connectivity index (χ0v) is 16.8. The van der Waals surface area contributed by atoms with Crippen molar-refractivity contribution in [1.29, 1.82) is 0 Å². The predicted octanol–water partition coefficient (Wildman–Crippen LogP) is 3.74. The number of ether oxygens (including phenoxy) is 2. The van der Waals surface area contributed by atoms with E-state index in [1.54, 1.807) is 30.5 Å². The number of carbonyl (C=O) groups is 2. The van der Waals surface area contributed by atoms with Gasteiger partial charge in [0.2, 0.25) is 11.8 Å². The number of nitrogens with one attached hydrogen (secondary N) is 2. The number of amides is 2. The second-order valence-electron chi connectivity index (χ2n) is 6.22. The maximum atomic E-state index is 12.0. The van der Waals surface area contributed by atoms with Crippen molar-refractivity contribution in [2.75, 3.05) is 18.5 Å². The zero-order chi connectivity index (χ0) is 20.9. The zero-order valence-electron chi connectivity index (χ0n) is 16.8. The van der Waals surface area contributed by atoms with Crippen molar-refractivity contribution in [1.82, 2.24) is 5.43 Å². The lowest BCUT2D eigenvalue weighted by molar-refractivity contribution is -0.124. The highest BCUT2D eigenvalue weighted by Crippen LogP contribution is 2.16. The predicted molar refractivity (Wildman–Crippen MR) is 113 cm³/mol. The van der Waals surface area contributed by atoms with E-state index in [2.05, 4.69) is 15.8 Å². The molecule has 2 aromatic carbocycles. The molecule has 0 aliphatic heterocycles. The highest BCUT2D eigenvalue weighted by Gasteiger charge is 2.07. The standard InChI is InChI=1S/C22H27N3O4/c1-3-15-29-20-9-5-17(6-10-20)16-23-25-22(27)14-13-21(26)24-18-7-11-19(12-8-18)28-4-2/h5-12,16H,3-4,13-15H2,1-2H3,(H,24,26)(H,25,27). The molecule has 0 bridgehead atoms. The van der Waals surface area contributed by atoms with E-state index < -0.39 is 0 Å². The summed E-state index contributed by atoms with van der Waals surface area (Å²) in [4.78, 5) is 23.8. The van der Waals surface area contributed by atoms with Crippen LogP contribution in [-0.4, -0.2) is 31.2 Å². The van der Waals surface area contributed by atoms with Gasteiger partial charge in [0.15, 0.2) is 0 Å². The van der Waals surface area contributed by atoms with Crippen molar-refractivity contribution in [2.24, 2.45) is 5.10 Å². The molecule has 0 aliphatic carbocycles. The first-order valence-electron chi connectivity index (χ1n) is 9.68. The summed E-state index contributed by atoms with van der Waals surface area (Å²) < 4.78 is 10.9. The fourth-order valence-electron chi connectivity index (χ4n) is 2.36. The number of rotatable bonds is 11. The Morgan fingerprint density at radius 3 is 2.17 bits per heavy atom. The molecule has 2 amide bonds. The molecule has 7 nitrogen and oxygen atoms in total. The molecule has 2 N–H and O–H groups in total. The van der Waals surface area contributed by atoms with Crippen LogP contribution in [0.1, 0.15) is 38.7 Å². The molecule has 0 fully saturated rings. The Morgan fingerprint density at radius 1 is 0.897 bits per heavy atom. The summed E-state index contributed by atoms with van der Waals surface area (Å²) in [5.74, 6) is 0.972. The van der Waals surface area contributed by atoms with Crippen molar-refractivity contribution < 1.29 is 19.1 Å². The van der Waals surface area contributed by atoms with Crippen LogP contribution >= 0.6 is 0 Å². The molecule has 7 heteroatoms. The van der Waals surface area contributed by atoms with Gasteiger partial charge in [-0.05, 0) is 67.4 Å². The van der Waals surface area contributed by atoms with Crippen LogP contribution in [0.15, 0.2) is 53.6 Å². The van der Waals surface area contributed by atoms with Crippen LogP contribution in [0.4, 0.5) is 5.69 Å². The van der Waals surface area contributed by atoms with Crippen LogP contribution < -0.4 is 20.2 Å². The Kier molecular flexibility index (Phi) is 9.21. The molecular weight excluding hydrogens is 370 g/mol. The van der Waals surface area contributed by atoms with E-state index in [0.29, 0.717) is 18.9 Å². The van der Waals surface area contributed by atoms with Crippen LogP contribution in [0, 0.1) is 0 Å². The number of benzene rings is 2. The molecule has 0 spiro atoms. The van der Waals surface area contributed by atoms with Gasteiger partial charge >= 0.3 is 0 Å². The Morgan fingerprint density at radius 2 is 1.52 bits per heavy atom. The third-order valence-corrected chi connectivity index (χ3v) is 3.78. The molecule has 29 heavy (non-hydrogen) atoms. The van der Waals surface area contributed by atoms with Crippen LogP contribution in [0.3, 0.4) is 0 Å². The van der Waals surface area contributed by atoms with E-state index in [-0.39, 0.29) is 24.7 Å². The summed E-state index contributed by atoms with van der Waals surface area (Å²) in [6.07, 6.45) is 2.61. The van der Waals surface area contributed by atoms with Gasteiger partial charge in [0.05, 0.1) is 19.4 Å². The van der Waals surface area contributed by atoms with Gasteiger partial charge in [-0.15, -0.1) is 0 Å². The minimum Gasteiger partial charge on any atom is -0.494 e. The van der Waals surface area contributed by atoms with E-state index in [1.165, 1.54) is 0 Å². The van der Waals surface area contributed by atoms with E-state index in [1.807, 2.05) is 38.1 Å². The van der Waals surface area contributed by atoms with Crippen molar-refractivity contribution in [3.63, 3.8) is 0 Å². The van der Waals surface area contributed by atoms with E-state index in [0.717, 1.165) is 23.5 Å². The Bertz CT molecular complexity index is 802. The molecule has 154 valence electrons. The summed E-state index contributed by atoms with van der Waals surface area (Å²) in [5.41, 5.74) is 3.91. The number of nitrogens with zero attached hydrogens (tertiary/aromatic N) is 1. The van der Waals surface area contributed by atoms with Crippen molar-refractivity contribution >= 4 is 23.7 Å². The first-order chi connectivity index (χ1) is 14.1. The fraction of sp³-hybridized carbons (Fsp3) is 0.318. The van der Waals surface area contributed by atoms with Crippen molar-refractivity contribution in [2.45, 2.75) is 33.1 Å². The minimum absolute atomic E-state index is 0.0456. The lowest BCUT2D eigenvalue weighted by Gasteiger charge is -2.07. The molecule has 0 heterocycles. The second-order valence-corrected chi connectivity index (χ2v) is 6.22. The molecule has 2 aromatic rings. The molecule has 2 rings (SSSR count). The highest BCUT2D eigenvalue weighted by atomic mass is 16.5. The second kappa shape index (κ2) is 12.2. The van der Waals surface area contributed by atoms with E-state index >= 15 is 0 Å². The summed E-state index contributed by atoms with van der Waals surface area (Å²) in [6.45, 7) is 5.22. The number of hydrogen-bond donors (Lipinski definition) is 2. The smallest absolute Gasteiger partial charge is 0.240 e. The first kappa shape index (κ1) is 21.9. The van der Waals surface area contributed by atoms with Crippen molar-refractivity contribution in [3.05, 3.63) is 54.1 Å². The normalized spacial score (nSPS) is 10.6. The average Bonchev–Trinajstić information content (AvgIpc) is 2.73. The maximum absolute atomic E-state index is 12.0. The number of anilines is 1. The van der Waals surface area contributed by atoms with Gasteiger partial charge in [0.25, 0.3) is 0 Å². The average molecular weight is 397 g/mol. The van der Waals surface area contributed by atoms with Gasteiger partial charge in [-0.25, -0.2) is 5.43 Å². The quantitative estimate of drug-likeness (QED) is 0.446. The Labute approximate surface area is 171 Å².